The number of cyclic esters (lactones) is 1. The third kappa shape index (κ3) is 4.10. The van der Waals surface area contributed by atoms with E-state index in [-0.39, 0.29) is 35.9 Å². The quantitative estimate of drug-likeness (QED) is 0.861. The van der Waals surface area contributed by atoms with E-state index in [1.54, 1.807) is 29.2 Å². The molecule has 0 radical (unpaired) electrons. The number of carbonyl (C=O) groups excluding carboxylic acids is 3. The van der Waals surface area contributed by atoms with Crippen LogP contribution in [0.4, 0.5) is 4.79 Å². The van der Waals surface area contributed by atoms with Crippen LogP contribution in [0.2, 0.25) is 0 Å². The van der Waals surface area contributed by atoms with E-state index in [1.807, 2.05) is 13.0 Å². The molecule has 2 N–H and O–H groups in total. The van der Waals surface area contributed by atoms with Gasteiger partial charge in [-0.2, -0.15) is 0 Å². The maximum Gasteiger partial charge on any atom is 0.407 e. The van der Waals surface area contributed by atoms with Gasteiger partial charge in [-0.1, -0.05) is 18.2 Å². The highest BCUT2D eigenvalue weighted by Crippen LogP contribution is 2.26. The number of piperidine rings is 1. The summed E-state index contributed by atoms with van der Waals surface area (Å²) < 4.78 is 4.99. The summed E-state index contributed by atoms with van der Waals surface area (Å²) in [7, 11) is 0. The maximum atomic E-state index is 12.5. The smallest absolute Gasteiger partial charge is 0.407 e. The van der Waals surface area contributed by atoms with Gasteiger partial charge in [0, 0.05) is 31.1 Å². The lowest BCUT2D eigenvalue weighted by Gasteiger charge is -2.37. The number of carbonyl (C=O) groups is 3. The molecule has 1 aromatic rings. The molecule has 7 heteroatoms. The van der Waals surface area contributed by atoms with E-state index in [9.17, 15) is 14.4 Å². The maximum absolute atomic E-state index is 12.5. The fourth-order valence-corrected chi connectivity index (χ4v) is 3.28. The third-order valence-corrected chi connectivity index (χ3v) is 4.81. The van der Waals surface area contributed by atoms with Gasteiger partial charge in [-0.05, 0) is 31.9 Å². The number of hydrogen-bond acceptors (Lipinski definition) is 4. The first-order chi connectivity index (χ1) is 12.0. The molecule has 1 atom stereocenters. The minimum Gasteiger partial charge on any atom is -0.447 e. The molecule has 2 fully saturated rings. The Balaban J connectivity index is 1.46. The van der Waals surface area contributed by atoms with Gasteiger partial charge in [0.05, 0.1) is 5.54 Å². The van der Waals surface area contributed by atoms with Gasteiger partial charge in [-0.25, -0.2) is 4.79 Å². The van der Waals surface area contributed by atoms with Crippen molar-refractivity contribution in [2.24, 2.45) is 0 Å². The zero-order chi connectivity index (χ0) is 17.9. The summed E-state index contributed by atoms with van der Waals surface area (Å²) >= 11 is 0. The van der Waals surface area contributed by atoms with Crippen molar-refractivity contribution in [3.8, 4) is 0 Å². The number of amides is 3. The summed E-state index contributed by atoms with van der Waals surface area (Å²) in [5, 5.41) is 5.71. The summed E-state index contributed by atoms with van der Waals surface area (Å²) in [5.74, 6) is -0.162. The van der Waals surface area contributed by atoms with Crippen LogP contribution in [0.25, 0.3) is 0 Å². The number of nitrogens with zero attached hydrogens (tertiary/aromatic N) is 1. The number of rotatable bonds is 4. The summed E-state index contributed by atoms with van der Waals surface area (Å²) in [6.07, 6.45) is 1.26. The Morgan fingerprint density at radius 2 is 1.96 bits per heavy atom. The first-order valence-electron chi connectivity index (χ1n) is 8.56. The van der Waals surface area contributed by atoms with Crippen LogP contribution >= 0.6 is 0 Å². The summed E-state index contributed by atoms with van der Waals surface area (Å²) in [4.78, 5) is 37.6. The van der Waals surface area contributed by atoms with Gasteiger partial charge in [0.15, 0.2) is 0 Å². The Morgan fingerprint density at radius 1 is 1.28 bits per heavy atom. The van der Waals surface area contributed by atoms with Crippen molar-refractivity contribution < 1.29 is 19.1 Å². The van der Waals surface area contributed by atoms with Crippen LogP contribution in [0.3, 0.4) is 0 Å². The van der Waals surface area contributed by atoms with Gasteiger partial charge in [-0.15, -0.1) is 0 Å². The van der Waals surface area contributed by atoms with E-state index < -0.39 is 0 Å². The molecule has 2 aliphatic heterocycles. The molecule has 0 unspecified atom stereocenters. The van der Waals surface area contributed by atoms with Crippen LogP contribution in [0.1, 0.15) is 36.5 Å². The SMILES string of the molecule is C[C@H](CC(=O)N1CCC2(CC1)COC(=O)N2)NC(=O)c1ccccc1. The normalized spacial score (nSPS) is 19.9. The molecule has 1 aromatic carbocycles. The highest BCUT2D eigenvalue weighted by Gasteiger charge is 2.42. The third-order valence-electron chi connectivity index (χ3n) is 4.81. The first-order valence-corrected chi connectivity index (χ1v) is 8.56. The molecule has 2 aliphatic rings. The average molecular weight is 345 g/mol. The molecular weight excluding hydrogens is 322 g/mol. The number of hydrogen-bond donors (Lipinski definition) is 2. The van der Waals surface area contributed by atoms with E-state index in [0.717, 1.165) is 0 Å². The summed E-state index contributed by atoms with van der Waals surface area (Å²) in [5.41, 5.74) is 0.264. The molecule has 2 saturated heterocycles. The number of likely N-dealkylation sites (tertiary alicyclic amines) is 1. The average Bonchev–Trinajstić information content (AvgIpc) is 2.96. The molecular formula is C18H23N3O4. The summed E-state index contributed by atoms with van der Waals surface area (Å²) in [6.45, 7) is 3.37. The molecule has 3 amide bonds. The lowest BCUT2D eigenvalue weighted by atomic mass is 9.89. The number of alkyl carbamates (subject to hydrolysis) is 1. The van der Waals surface area contributed by atoms with Crippen molar-refractivity contribution in [3.05, 3.63) is 35.9 Å². The Hall–Kier alpha value is -2.57. The van der Waals surface area contributed by atoms with Crippen LogP contribution < -0.4 is 10.6 Å². The number of ether oxygens (including phenoxy) is 1. The molecule has 1 spiro atoms. The number of nitrogens with one attached hydrogen (secondary N) is 2. The van der Waals surface area contributed by atoms with Crippen LogP contribution in [0.5, 0.6) is 0 Å². The molecule has 0 bridgehead atoms. The molecule has 134 valence electrons. The van der Waals surface area contributed by atoms with Gasteiger partial charge in [0.1, 0.15) is 6.61 Å². The minimum atomic E-state index is -0.378. The fourth-order valence-electron chi connectivity index (χ4n) is 3.28. The Kier molecular flexibility index (Phi) is 4.92. The second-order valence-electron chi connectivity index (χ2n) is 6.81. The van der Waals surface area contributed by atoms with Crippen molar-refractivity contribution in [2.75, 3.05) is 19.7 Å². The van der Waals surface area contributed by atoms with Crippen LogP contribution in [-0.4, -0.2) is 54.1 Å². The first kappa shape index (κ1) is 17.3. The molecule has 0 aliphatic carbocycles. The monoisotopic (exact) mass is 345 g/mol. The highest BCUT2D eigenvalue weighted by atomic mass is 16.6. The Morgan fingerprint density at radius 3 is 2.56 bits per heavy atom. The van der Waals surface area contributed by atoms with Gasteiger partial charge in [-0.3, -0.25) is 9.59 Å². The van der Waals surface area contributed by atoms with Crippen molar-refractivity contribution in [1.29, 1.82) is 0 Å². The second kappa shape index (κ2) is 7.13. The lowest BCUT2D eigenvalue weighted by molar-refractivity contribution is -0.133. The predicted molar refractivity (Wildman–Crippen MR) is 91.0 cm³/mol. The Bertz CT molecular complexity index is 654. The van der Waals surface area contributed by atoms with Crippen LogP contribution in [0, 0.1) is 0 Å². The molecule has 0 saturated carbocycles. The Labute approximate surface area is 146 Å². The van der Waals surface area contributed by atoms with Gasteiger partial charge in [0.25, 0.3) is 5.91 Å². The van der Waals surface area contributed by atoms with Crippen molar-refractivity contribution in [1.82, 2.24) is 15.5 Å². The zero-order valence-electron chi connectivity index (χ0n) is 14.3. The largest absolute Gasteiger partial charge is 0.447 e. The minimum absolute atomic E-state index is 0.0148. The predicted octanol–water partition coefficient (Wildman–Crippen LogP) is 1.30. The van der Waals surface area contributed by atoms with Crippen LogP contribution in [0.15, 0.2) is 30.3 Å². The molecule has 0 aromatic heterocycles. The second-order valence-corrected chi connectivity index (χ2v) is 6.81. The van der Waals surface area contributed by atoms with Gasteiger partial charge < -0.3 is 20.3 Å². The molecule has 3 rings (SSSR count). The fraction of sp³-hybridized carbons (Fsp3) is 0.500. The van der Waals surface area contributed by atoms with E-state index in [4.69, 9.17) is 4.74 Å². The highest BCUT2D eigenvalue weighted by molar-refractivity contribution is 5.94. The van der Waals surface area contributed by atoms with E-state index in [0.29, 0.717) is 38.1 Å². The van der Waals surface area contributed by atoms with E-state index >= 15 is 0 Å². The molecule has 2 heterocycles. The summed E-state index contributed by atoms with van der Waals surface area (Å²) in [6, 6.07) is 8.70. The van der Waals surface area contributed by atoms with Gasteiger partial charge >= 0.3 is 6.09 Å². The number of benzene rings is 1. The van der Waals surface area contributed by atoms with E-state index in [2.05, 4.69) is 10.6 Å². The molecule has 7 nitrogen and oxygen atoms in total. The lowest BCUT2D eigenvalue weighted by Crippen LogP contribution is -2.54. The topological polar surface area (TPSA) is 87.7 Å². The zero-order valence-corrected chi connectivity index (χ0v) is 14.3. The van der Waals surface area contributed by atoms with E-state index in [1.165, 1.54) is 0 Å². The van der Waals surface area contributed by atoms with Gasteiger partial charge in [0.2, 0.25) is 5.91 Å². The van der Waals surface area contributed by atoms with Crippen LogP contribution in [-0.2, 0) is 9.53 Å². The van der Waals surface area contributed by atoms with Crippen molar-refractivity contribution in [2.45, 2.75) is 37.8 Å². The van der Waals surface area contributed by atoms with Crippen molar-refractivity contribution >= 4 is 17.9 Å². The van der Waals surface area contributed by atoms with Crippen molar-refractivity contribution in [3.63, 3.8) is 0 Å². The molecule has 25 heavy (non-hydrogen) atoms. The standard InChI is InChI=1S/C18H23N3O4/c1-13(19-16(23)14-5-3-2-4-6-14)11-15(22)21-9-7-18(8-10-21)12-25-17(24)20-18/h2-6,13H,7-12H2,1H3,(H,19,23)(H,20,24)/t13-/m1/s1.